The Bertz CT molecular complexity index is 418. The van der Waals surface area contributed by atoms with Crippen molar-refractivity contribution < 1.29 is 9.53 Å². The maximum absolute atomic E-state index is 11.9. The van der Waals surface area contributed by atoms with Crippen molar-refractivity contribution in [2.45, 2.75) is 31.9 Å². The van der Waals surface area contributed by atoms with Crippen LogP contribution < -0.4 is 16.6 Å². The van der Waals surface area contributed by atoms with Gasteiger partial charge in [-0.3, -0.25) is 4.79 Å². The summed E-state index contributed by atoms with van der Waals surface area (Å²) in [5.74, 6) is 5.55. The number of carbonyl (C=O) groups excluding carboxylic acids is 1. The second kappa shape index (κ2) is 5.79. The second-order valence-electron chi connectivity index (χ2n) is 4.27. The minimum absolute atomic E-state index is 0.174. The molecule has 2 rings (SSSR count). The number of hydrogen-bond acceptors (Lipinski definition) is 5. The Balaban J connectivity index is 1.85. The molecule has 4 N–H and O–H groups in total. The number of nitrogens with zero attached hydrogens (tertiary/aromatic N) is 1. The zero-order valence-corrected chi connectivity index (χ0v) is 10.3. The maximum atomic E-state index is 11.9. The fourth-order valence-corrected chi connectivity index (χ4v) is 1.96. The van der Waals surface area contributed by atoms with Gasteiger partial charge in [0.1, 0.15) is 11.5 Å². The van der Waals surface area contributed by atoms with E-state index in [0.29, 0.717) is 11.5 Å². The van der Waals surface area contributed by atoms with Crippen LogP contribution in [0.15, 0.2) is 18.2 Å². The van der Waals surface area contributed by atoms with E-state index in [1.165, 1.54) is 0 Å². The van der Waals surface area contributed by atoms with Crippen LogP contribution in [0.5, 0.6) is 0 Å². The Labute approximate surface area is 106 Å². The first-order valence-electron chi connectivity index (χ1n) is 6.09. The molecule has 6 nitrogen and oxygen atoms in total. The van der Waals surface area contributed by atoms with E-state index in [1.54, 1.807) is 18.2 Å². The van der Waals surface area contributed by atoms with Gasteiger partial charge in [0.15, 0.2) is 0 Å². The highest BCUT2D eigenvalue weighted by Gasteiger charge is 2.31. The Morgan fingerprint density at radius 1 is 1.56 bits per heavy atom. The van der Waals surface area contributed by atoms with Crippen LogP contribution in [-0.4, -0.2) is 29.6 Å². The summed E-state index contributed by atoms with van der Waals surface area (Å²) in [6.45, 7) is 2.69. The Morgan fingerprint density at radius 2 is 2.33 bits per heavy atom. The quantitative estimate of drug-likeness (QED) is 0.528. The van der Waals surface area contributed by atoms with Gasteiger partial charge in [0, 0.05) is 12.6 Å². The van der Waals surface area contributed by atoms with Gasteiger partial charge in [0.25, 0.3) is 5.91 Å². The minimum Gasteiger partial charge on any atom is -0.378 e. The summed E-state index contributed by atoms with van der Waals surface area (Å²) in [5.41, 5.74) is 2.78. The third-order valence-electron chi connectivity index (χ3n) is 2.96. The highest BCUT2D eigenvalue weighted by molar-refractivity contribution is 5.92. The van der Waals surface area contributed by atoms with E-state index >= 15 is 0 Å². The van der Waals surface area contributed by atoms with Gasteiger partial charge in [-0.25, -0.2) is 10.8 Å². The molecule has 6 heteroatoms. The number of rotatable bonds is 5. The lowest BCUT2D eigenvalue weighted by atomic mass is 9.89. The largest absolute Gasteiger partial charge is 0.378 e. The molecule has 98 valence electrons. The summed E-state index contributed by atoms with van der Waals surface area (Å²) in [5, 5.41) is 2.92. The minimum atomic E-state index is -0.174. The first kappa shape index (κ1) is 12.8. The molecule has 0 aliphatic heterocycles. The molecule has 1 aliphatic carbocycles. The number of ether oxygens (including phenoxy) is 1. The molecule has 0 radical (unpaired) electrons. The van der Waals surface area contributed by atoms with Crippen LogP contribution in [-0.2, 0) is 4.74 Å². The summed E-state index contributed by atoms with van der Waals surface area (Å²) in [7, 11) is 0. The third-order valence-corrected chi connectivity index (χ3v) is 2.96. The standard InChI is InChI=1S/C12H18N4O2/c1-2-18-9-6-8(7-9)14-12(17)10-4-3-5-11(15-10)16-13/h3-5,8-9H,2,6-7,13H2,1H3,(H,14,17)(H,15,16). The molecule has 0 aromatic carbocycles. The Morgan fingerprint density at radius 3 is 3.00 bits per heavy atom. The second-order valence-corrected chi connectivity index (χ2v) is 4.27. The number of aromatic nitrogens is 1. The predicted octanol–water partition coefficient (Wildman–Crippen LogP) is 0.665. The molecule has 1 saturated carbocycles. The number of pyridine rings is 1. The lowest BCUT2D eigenvalue weighted by molar-refractivity contribution is -0.00866. The van der Waals surface area contributed by atoms with Crippen molar-refractivity contribution in [1.29, 1.82) is 0 Å². The molecule has 1 amide bonds. The molecule has 1 aliphatic rings. The van der Waals surface area contributed by atoms with E-state index in [1.807, 2.05) is 6.92 Å². The van der Waals surface area contributed by atoms with E-state index in [4.69, 9.17) is 10.6 Å². The number of nitrogens with two attached hydrogens (primary N) is 1. The molecule has 1 aromatic rings. The van der Waals surface area contributed by atoms with E-state index in [2.05, 4.69) is 15.7 Å². The Kier molecular flexibility index (Phi) is 4.11. The zero-order chi connectivity index (χ0) is 13.0. The third kappa shape index (κ3) is 2.96. The van der Waals surface area contributed by atoms with Crippen molar-refractivity contribution in [1.82, 2.24) is 10.3 Å². The number of nitrogen functional groups attached to an aromatic ring is 1. The van der Waals surface area contributed by atoms with Crippen LogP contribution in [0, 0.1) is 0 Å². The van der Waals surface area contributed by atoms with Crippen LogP contribution in [0.3, 0.4) is 0 Å². The van der Waals surface area contributed by atoms with Crippen molar-refractivity contribution in [2.24, 2.45) is 5.84 Å². The monoisotopic (exact) mass is 250 g/mol. The number of nitrogens with one attached hydrogen (secondary N) is 2. The highest BCUT2D eigenvalue weighted by Crippen LogP contribution is 2.23. The number of anilines is 1. The van der Waals surface area contributed by atoms with E-state index in [0.717, 1.165) is 19.4 Å². The highest BCUT2D eigenvalue weighted by atomic mass is 16.5. The SMILES string of the molecule is CCOC1CC(NC(=O)c2cccc(NN)n2)C1. The molecule has 1 fully saturated rings. The van der Waals surface area contributed by atoms with Crippen molar-refractivity contribution >= 4 is 11.7 Å². The van der Waals surface area contributed by atoms with Gasteiger partial charge in [-0.15, -0.1) is 0 Å². The average Bonchev–Trinajstić information content (AvgIpc) is 2.36. The zero-order valence-electron chi connectivity index (χ0n) is 10.3. The number of amides is 1. The smallest absolute Gasteiger partial charge is 0.270 e. The fraction of sp³-hybridized carbons (Fsp3) is 0.500. The number of hydrazine groups is 1. The average molecular weight is 250 g/mol. The van der Waals surface area contributed by atoms with Gasteiger partial charge in [-0.1, -0.05) is 6.07 Å². The van der Waals surface area contributed by atoms with E-state index in [-0.39, 0.29) is 18.1 Å². The van der Waals surface area contributed by atoms with Crippen molar-refractivity contribution in [3.8, 4) is 0 Å². The summed E-state index contributed by atoms with van der Waals surface area (Å²) in [6.07, 6.45) is 2.02. The van der Waals surface area contributed by atoms with Gasteiger partial charge >= 0.3 is 0 Å². The molecule has 0 bridgehead atoms. The van der Waals surface area contributed by atoms with Crippen molar-refractivity contribution in [3.63, 3.8) is 0 Å². The lowest BCUT2D eigenvalue weighted by Gasteiger charge is -2.35. The molecular weight excluding hydrogens is 232 g/mol. The predicted molar refractivity (Wildman–Crippen MR) is 67.9 cm³/mol. The number of carbonyl (C=O) groups is 1. The molecule has 0 spiro atoms. The van der Waals surface area contributed by atoms with E-state index in [9.17, 15) is 4.79 Å². The fourth-order valence-electron chi connectivity index (χ4n) is 1.96. The normalized spacial score (nSPS) is 22.1. The van der Waals surface area contributed by atoms with E-state index < -0.39 is 0 Å². The van der Waals surface area contributed by atoms with Crippen LogP contribution in [0.2, 0.25) is 0 Å². The topological polar surface area (TPSA) is 89.3 Å². The molecule has 1 aromatic heterocycles. The van der Waals surface area contributed by atoms with Crippen molar-refractivity contribution in [3.05, 3.63) is 23.9 Å². The van der Waals surface area contributed by atoms with Crippen LogP contribution in [0.1, 0.15) is 30.3 Å². The van der Waals surface area contributed by atoms with Gasteiger partial charge in [-0.05, 0) is 31.9 Å². The molecule has 1 heterocycles. The van der Waals surface area contributed by atoms with Crippen molar-refractivity contribution in [2.75, 3.05) is 12.0 Å². The first-order valence-corrected chi connectivity index (χ1v) is 6.09. The summed E-state index contributed by atoms with van der Waals surface area (Å²) in [6, 6.07) is 5.28. The summed E-state index contributed by atoms with van der Waals surface area (Å²) >= 11 is 0. The lowest BCUT2D eigenvalue weighted by Crippen LogP contribution is -2.48. The molecule has 0 atom stereocenters. The van der Waals surface area contributed by atoms with Gasteiger partial charge in [-0.2, -0.15) is 0 Å². The number of hydrogen-bond donors (Lipinski definition) is 3. The molecule has 0 unspecified atom stereocenters. The molecule has 0 saturated heterocycles. The molecular formula is C12H18N4O2. The van der Waals surface area contributed by atoms with Gasteiger partial charge in [0.2, 0.25) is 0 Å². The summed E-state index contributed by atoms with van der Waals surface area (Å²) in [4.78, 5) is 16.0. The van der Waals surface area contributed by atoms with Gasteiger partial charge < -0.3 is 15.5 Å². The molecule has 18 heavy (non-hydrogen) atoms. The van der Waals surface area contributed by atoms with Crippen LogP contribution in [0.4, 0.5) is 5.82 Å². The van der Waals surface area contributed by atoms with Crippen LogP contribution >= 0.6 is 0 Å². The van der Waals surface area contributed by atoms with Crippen LogP contribution in [0.25, 0.3) is 0 Å². The van der Waals surface area contributed by atoms with Gasteiger partial charge in [0.05, 0.1) is 6.10 Å². The summed E-state index contributed by atoms with van der Waals surface area (Å²) < 4.78 is 5.44. The Hall–Kier alpha value is -1.66. The first-order chi connectivity index (χ1) is 8.72. The maximum Gasteiger partial charge on any atom is 0.270 e.